The molecule has 240 valence electrons. The number of rotatable bonds is 11. The first kappa shape index (κ1) is 31.5. The third-order valence-corrected chi connectivity index (χ3v) is 13.8. The van der Waals surface area contributed by atoms with Crippen molar-refractivity contribution in [3.05, 3.63) is 153 Å². The summed E-state index contributed by atoms with van der Waals surface area (Å²) in [6.07, 6.45) is 4.24. The minimum atomic E-state index is -0.722. The number of hydrogen-bond acceptors (Lipinski definition) is 5. The molecule has 5 aromatic rings. The van der Waals surface area contributed by atoms with Crippen molar-refractivity contribution < 1.29 is 0 Å². The number of anilines is 2. The van der Waals surface area contributed by atoms with E-state index in [1.54, 1.807) is 0 Å². The highest BCUT2D eigenvalue weighted by Crippen LogP contribution is 2.54. The molecule has 0 spiro atoms. The van der Waals surface area contributed by atoms with Crippen LogP contribution in [0.15, 0.2) is 131 Å². The summed E-state index contributed by atoms with van der Waals surface area (Å²) in [4.78, 5) is 26.9. The van der Waals surface area contributed by atoms with E-state index in [4.69, 9.17) is 0 Å². The Morgan fingerprint density at radius 1 is 0.702 bits per heavy atom. The molecule has 1 aliphatic carbocycles. The molecule has 1 heterocycles. The minimum Gasteiger partial charge on any atom is -0.377 e. The highest BCUT2D eigenvalue weighted by molar-refractivity contribution is 7.73. The van der Waals surface area contributed by atoms with Crippen molar-refractivity contribution in [2.24, 2.45) is 11.8 Å². The van der Waals surface area contributed by atoms with Crippen LogP contribution in [0.4, 0.5) is 11.4 Å². The molecule has 5 atom stereocenters. The highest BCUT2D eigenvalue weighted by Gasteiger charge is 2.46. The van der Waals surface area contributed by atoms with Crippen LogP contribution in [0.25, 0.3) is 0 Å². The SMILES string of the molecule is CC1CC[C@@H]([C@@H](C)Nc2c(NC(c3ccccc3)(c3ccccc3)C3CCCN3)c(=O)c2=O)C1P(c1ccccc1)c1ccccc1. The first-order valence-electron chi connectivity index (χ1n) is 17.1. The summed E-state index contributed by atoms with van der Waals surface area (Å²) in [6, 6.07) is 42.7. The molecule has 47 heavy (non-hydrogen) atoms. The second kappa shape index (κ2) is 13.6. The van der Waals surface area contributed by atoms with Gasteiger partial charge in [0.1, 0.15) is 16.9 Å². The molecule has 5 aromatic carbocycles. The molecule has 0 bridgehead atoms. The van der Waals surface area contributed by atoms with E-state index >= 15 is 0 Å². The molecule has 0 radical (unpaired) electrons. The van der Waals surface area contributed by atoms with Crippen molar-refractivity contribution in [1.82, 2.24) is 5.32 Å². The molecular formula is C41H44N3O2P. The zero-order chi connectivity index (χ0) is 32.4. The largest absolute Gasteiger partial charge is 0.377 e. The van der Waals surface area contributed by atoms with Gasteiger partial charge < -0.3 is 16.0 Å². The van der Waals surface area contributed by atoms with Gasteiger partial charge in [-0.3, -0.25) is 9.59 Å². The molecule has 0 amide bonds. The van der Waals surface area contributed by atoms with Gasteiger partial charge in [0, 0.05) is 12.1 Å². The lowest BCUT2D eigenvalue weighted by atomic mass is 9.75. The summed E-state index contributed by atoms with van der Waals surface area (Å²) >= 11 is 0. The zero-order valence-corrected chi connectivity index (χ0v) is 28.1. The van der Waals surface area contributed by atoms with Gasteiger partial charge in [0.25, 0.3) is 10.9 Å². The molecule has 7 rings (SSSR count). The van der Waals surface area contributed by atoms with Crippen LogP contribution in [-0.4, -0.2) is 24.3 Å². The van der Waals surface area contributed by atoms with E-state index in [1.165, 1.54) is 10.6 Å². The Hall–Kier alpha value is -4.05. The predicted octanol–water partition coefficient (Wildman–Crippen LogP) is 6.74. The number of benzene rings is 4. The van der Waals surface area contributed by atoms with E-state index in [-0.39, 0.29) is 12.1 Å². The standard InChI is InChI=1S/C41H44N3O2P/c1-28-25-26-34(40(28)47(32-20-11-5-12-21-32)33-22-13-6-14-23-33)29(2)43-36-37(39(46)38(36)45)44-41(35-24-15-27-42-35,30-16-7-3-8-17-30)31-18-9-4-10-19-31/h3-14,16-23,28-29,34-35,40,42-44H,15,24-27H2,1-2H3/t28?,29-,34+,35?,40?/m1/s1. The van der Waals surface area contributed by atoms with Gasteiger partial charge >= 0.3 is 0 Å². The average molecular weight is 642 g/mol. The van der Waals surface area contributed by atoms with Gasteiger partial charge in [-0.05, 0) is 86.3 Å². The van der Waals surface area contributed by atoms with Gasteiger partial charge in [-0.25, -0.2) is 0 Å². The lowest BCUT2D eigenvalue weighted by molar-refractivity contribution is 0.418. The van der Waals surface area contributed by atoms with Gasteiger partial charge in [0.05, 0.1) is 0 Å². The Morgan fingerprint density at radius 2 is 1.21 bits per heavy atom. The monoisotopic (exact) mass is 641 g/mol. The van der Waals surface area contributed by atoms with Crippen molar-refractivity contribution in [2.75, 3.05) is 17.2 Å². The van der Waals surface area contributed by atoms with Crippen molar-refractivity contribution >= 4 is 29.9 Å². The molecule has 3 N–H and O–H groups in total. The van der Waals surface area contributed by atoms with E-state index < -0.39 is 24.3 Å². The maximum absolute atomic E-state index is 13.5. The molecular weight excluding hydrogens is 597 g/mol. The number of hydrogen-bond donors (Lipinski definition) is 3. The first-order valence-corrected chi connectivity index (χ1v) is 18.5. The third kappa shape index (κ3) is 5.85. The van der Waals surface area contributed by atoms with Crippen LogP contribution in [0.5, 0.6) is 0 Å². The summed E-state index contributed by atoms with van der Waals surface area (Å²) in [5.74, 6) is 0.886. The van der Waals surface area contributed by atoms with E-state index in [2.05, 4.69) is 115 Å². The normalized spacial score (nSPS) is 22.0. The predicted molar refractivity (Wildman–Crippen MR) is 197 cm³/mol. The summed E-state index contributed by atoms with van der Waals surface area (Å²) in [5, 5.41) is 13.9. The van der Waals surface area contributed by atoms with Crippen LogP contribution in [0.3, 0.4) is 0 Å². The molecule has 1 saturated carbocycles. The molecule has 1 saturated heterocycles. The topological polar surface area (TPSA) is 70.2 Å². The molecule has 2 fully saturated rings. The Bertz CT molecular complexity index is 1760. The quantitative estimate of drug-likeness (QED) is 0.110. The number of nitrogens with one attached hydrogen (secondary N) is 3. The van der Waals surface area contributed by atoms with Crippen molar-refractivity contribution in [2.45, 2.75) is 62.8 Å². The van der Waals surface area contributed by atoms with Gasteiger partial charge in [-0.2, -0.15) is 0 Å². The van der Waals surface area contributed by atoms with Crippen LogP contribution in [0.1, 0.15) is 50.7 Å². The second-order valence-corrected chi connectivity index (χ2v) is 15.8. The molecule has 1 aliphatic heterocycles. The van der Waals surface area contributed by atoms with Crippen LogP contribution >= 0.6 is 7.92 Å². The summed E-state index contributed by atoms with van der Waals surface area (Å²) in [7, 11) is -0.626. The van der Waals surface area contributed by atoms with Crippen LogP contribution in [0, 0.1) is 11.8 Å². The Kier molecular flexibility index (Phi) is 9.12. The van der Waals surface area contributed by atoms with Crippen LogP contribution in [0.2, 0.25) is 0 Å². The van der Waals surface area contributed by atoms with Gasteiger partial charge in [0.15, 0.2) is 0 Å². The van der Waals surface area contributed by atoms with Gasteiger partial charge in [-0.15, -0.1) is 0 Å². The fourth-order valence-corrected chi connectivity index (χ4v) is 11.7. The van der Waals surface area contributed by atoms with E-state index in [0.29, 0.717) is 28.9 Å². The maximum atomic E-state index is 13.5. The first-order chi connectivity index (χ1) is 23.0. The summed E-state index contributed by atoms with van der Waals surface area (Å²) in [5.41, 5.74) is 1.82. The minimum absolute atomic E-state index is 0.0127. The van der Waals surface area contributed by atoms with Crippen molar-refractivity contribution in [3.63, 3.8) is 0 Å². The van der Waals surface area contributed by atoms with E-state index in [9.17, 15) is 9.59 Å². The molecule has 3 unspecified atom stereocenters. The maximum Gasteiger partial charge on any atom is 0.253 e. The average Bonchev–Trinajstić information content (AvgIpc) is 3.81. The lowest BCUT2D eigenvalue weighted by Gasteiger charge is -2.43. The molecule has 6 heteroatoms. The summed E-state index contributed by atoms with van der Waals surface area (Å²) in [6.45, 7) is 5.51. The van der Waals surface area contributed by atoms with Crippen molar-refractivity contribution in [1.29, 1.82) is 0 Å². The van der Waals surface area contributed by atoms with Crippen LogP contribution < -0.4 is 37.4 Å². The van der Waals surface area contributed by atoms with Gasteiger partial charge in [-0.1, -0.05) is 128 Å². The highest BCUT2D eigenvalue weighted by atomic mass is 31.1. The fourth-order valence-electron chi connectivity index (χ4n) is 8.32. The second-order valence-electron chi connectivity index (χ2n) is 13.4. The molecule has 5 nitrogen and oxygen atoms in total. The molecule has 2 aliphatic rings. The Morgan fingerprint density at radius 3 is 1.72 bits per heavy atom. The third-order valence-electron chi connectivity index (χ3n) is 10.6. The van der Waals surface area contributed by atoms with Crippen molar-refractivity contribution in [3.8, 4) is 0 Å². The molecule has 0 aromatic heterocycles. The van der Waals surface area contributed by atoms with E-state index in [0.717, 1.165) is 43.4 Å². The zero-order valence-electron chi connectivity index (χ0n) is 27.2. The lowest BCUT2D eigenvalue weighted by Crippen LogP contribution is -2.54. The summed E-state index contributed by atoms with van der Waals surface area (Å²) < 4.78 is 0. The Balaban J connectivity index is 1.24. The fraction of sp³-hybridized carbons (Fsp3) is 0.317. The smallest absolute Gasteiger partial charge is 0.253 e. The van der Waals surface area contributed by atoms with E-state index in [1.807, 2.05) is 36.4 Å². The Labute approximate surface area is 279 Å². The van der Waals surface area contributed by atoms with Gasteiger partial charge in [0.2, 0.25) is 0 Å². The van der Waals surface area contributed by atoms with Crippen LogP contribution in [-0.2, 0) is 5.54 Å².